The molecule has 0 aliphatic carbocycles. The Hall–Kier alpha value is -0.610. The largest absolute Gasteiger partial charge is 0.480 e. The number of carboxylic acids is 1. The van der Waals surface area contributed by atoms with E-state index in [0.717, 1.165) is 12.8 Å². The number of carbonyl (C=O) groups is 1. The predicted molar refractivity (Wildman–Crippen MR) is 64.4 cm³/mol. The van der Waals surface area contributed by atoms with Gasteiger partial charge in [0.2, 0.25) is 0 Å². The van der Waals surface area contributed by atoms with Gasteiger partial charge in [0.05, 0.1) is 6.10 Å². The van der Waals surface area contributed by atoms with Crippen LogP contribution in [0.1, 0.15) is 52.9 Å². The molecular weight excluding hydrogens is 206 g/mol. The average Bonchev–Trinajstić information content (AvgIpc) is 2.24. The van der Waals surface area contributed by atoms with Crippen LogP contribution in [-0.2, 0) is 9.53 Å². The predicted octanol–water partition coefficient (Wildman–Crippen LogP) is 2.16. The molecule has 0 saturated heterocycles. The summed E-state index contributed by atoms with van der Waals surface area (Å²) in [6.45, 7) is 6.55. The van der Waals surface area contributed by atoms with Crippen LogP contribution in [-0.4, -0.2) is 29.3 Å². The SMILES string of the molecule is CCCC(C)OCCCC(N)(CC)C(=O)O. The van der Waals surface area contributed by atoms with E-state index < -0.39 is 11.5 Å². The third-order valence-electron chi connectivity index (χ3n) is 2.92. The third-order valence-corrected chi connectivity index (χ3v) is 2.92. The van der Waals surface area contributed by atoms with E-state index >= 15 is 0 Å². The number of nitrogens with two attached hydrogens (primary N) is 1. The second kappa shape index (κ2) is 7.63. The zero-order valence-corrected chi connectivity index (χ0v) is 10.7. The Labute approximate surface area is 98.2 Å². The molecule has 96 valence electrons. The molecule has 4 heteroatoms. The van der Waals surface area contributed by atoms with E-state index in [9.17, 15) is 4.79 Å². The van der Waals surface area contributed by atoms with E-state index in [1.54, 1.807) is 6.92 Å². The lowest BCUT2D eigenvalue weighted by atomic mass is 9.92. The lowest BCUT2D eigenvalue weighted by Crippen LogP contribution is -2.47. The van der Waals surface area contributed by atoms with Gasteiger partial charge in [0.15, 0.2) is 0 Å². The summed E-state index contributed by atoms with van der Waals surface area (Å²) < 4.78 is 5.55. The van der Waals surface area contributed by atoms with E-state index in [2.05, 4.69) is 6.92 Å². The summed E-state index contributed by atoms with van der Waals surface area (Å²) in [5.74, 6) is -0.920. The van der Waals surface area contributed by atoms with Crippen LogP contribution >= 0.6 is 0 Å². The van der Waals surface area contributed by atoms with Gasteiger partial charge in [0.25, 0.3) is 0 Å². The van der Waals surface area contributed by atoms with Crippen LogP contribution in [0.5, 0.6) is 0 Å². The van der Waals surface area contributed by atoms with Crippen LogP contribution in [0.25, 0.3) is 0 Å². The molecule has 0 spiro atoms. The summed E-state index contributed by atoms with van der Waals surface area (Å²) in [6, 6.07) is 0. The van der Waals surface area contributed by atoms with Crippen LogP contribution in [0, 0.1) is 0 Å². The van der Waals surface area contributed by atoms with E-state index in [1.165, 1.54) is 0 Å². The van der Waals surface area contributed by atoms with E-state index in [1.807, 2.05) is 6.92 Å². The summed E-state index contributed by atoms with van der Waals surface area (Å²) in [4.78, 5) is 10.9. The van der Waals surface area contributed by atoms with E-state index in [-0.39, 0.29) is 6.10 Å². The van der Waals surface area contributed by atoms with E-state index in [4.69, 9.17) is 15.6 Å². The monoisotopic (exact) mass is 231 g/mol. The van der Waals surface area contributed by atoms with Gasteiger partial charge in [-0.1, -0.05) is 20.3 Å². The van der Waals surface area contributed by atoms with Crippen LogP contribution in [0.2, 0.25) is 0 Å². The first kappa shape index (κ1) is 15.4. The van der Waals surface area contributed by atoms with E-state index in [0.29, 0.717) is 25.9 Å². The molecule has 0 heterocycles. The van der Waals surface area contributed by atoms with Crippen molar-refractivity contribution in [3.8, 4) is 0 Å². The van der Waals surface area contributed by atoms with Crippen molar-refractivity contribution >= 4 is 5.97 Å². The molecule has 3 N–H and O–H groups in total. The zero-order valence-electron chi connectivity index (χ0n) is 10.7. The van der Waals surface area contributed by atoms with Crippen molar-refractivity contribution in [1.82, 2.24) is 0 Å². The smallest absolute Gasteiger partial charge is 0.323 e. The van der Waals surface area contributed by atoms with Gasteiger partial charge >= 0.3 is 5.97 Å². The summed E-state index contributed by atoms with van der Waals surface area (Å²) in [6.07, 6.45) is 4.02. The Kier molecular flexibility index (Phi) is 7.34. The lowest BCUT2D eigenvalue weighted by molar-refractivity contribution is -0.143. The maximum Gasteiger partial charge on any atom is 0.323 e. The standard InChI is InChI=1S/C12H25NO3/c1-4-7-10(3)16-9-6-8-12(13,5-2)11(14)15/h10H,4-9,13H2,1-3H3,(H,14,15). The maximum atomic E-state index is 10.9. The second-order valence-corrected chi connectivity index (χ2v) is 4.39. The number of hydrogen-bond donors (Lipinski definition) is 2. The quantitative estimate of drug-likeness (QED) is 0.596. The first-order valence-corrected chi connectivity index (χ1v) is 6.10. The van der Waals surface area contributed by atoms with Gasteiger partial charge in [0, 0.05) is 6.61 Å². The molecule has 2 atom stereocenters. The number of ether oxygens (including phenoxy) is 1. The molecule has 0 amide bonds. The Balaban J connectivity index is 3.76. The fourth-order valence-corrected chi connectivity index (χ4v) is 1.60. The minimum Gasteiger partial charge on any atom is -0.480 e. The first-order chi connectivity index (χ1) is 7.46. The van der Waals surface area contributed by atoms with Crippen LogP contribution < -0.4 is 5.73 Å². The molecule has 2 unspecified atom stereocenters. The summed E-state index contributed by atoms with van der Waals surface area (Å²) >= 11 is 0. The van der Waals surface area contributed by atoms with Crippen molar-refractivity contribution in [2.24, 2.45) is 5.73 Å². The van der Waals surface area contributed by atoms with Crippen molar-refractivity contribution in [3.63, 3.8) is 0 Å². The Bertz CT molecular complexity index is 208. The highest BCUT2D eigenvalue weighted by Gasteiger charge is 2.30. The normalized spacial score (nSPS) is 16.8. The summed E-state index contributed by atoms with van der Waals surface area (Å²) in [5.41, 5.74) is 4.67. The highest BCUT2D eigenvalue weighted by atomic mass is 16.5. The van der Waals surface area contributed by atoms with Crippen molar-refractivity contribution in [2.75, 3.05) is 6.61 Å². The van der Waals surface area contributed by atoms with Gasteiger partial charge in [-0.3, -0.25) is 4.79 Å². The van der Waals surface area contributed by atoms with Crippen LogP contribution in [0.15, 0.2) is 0 Å². The highest BCUT2D eigenvalue weighted by molar-refractivity contribution is 5.78. The Morgan fingerprint density at radius 2 is 2.12 bits per heavy atom. The molecule has 0 aliphatic rings. The minimum absolute atomic E-state index is 0.253. The molecule has 0 radical (unpaired) electrons. The van der Waals surface area contributed by atoms with Crippen molar-refractivity contribution in [2.45, 2.75) is 64.5 Å². The molecule has 0 saturated carbocycles. The van der Waals surface area contributed by atoms with Gasteiger partial charge in [-0.05, 0) is 32.6 Å². The molecule has 0 fully saturated rings. The topological polar surface area (TPSA) is 72.5 Å². The molecular formula is C12H25NO3. The van der Waals surface area contributed by atoms with Crippen molar-refractivity contribution < 1.29 is 14.6 Å². The van der Waals surface area contributed by atoms with Crippen LogP contribution in [0.3, 0.4) is 0 Å². The fraction of sp³-hybridized carbons (Fsp3) is 0.917. The maximum absolute atomic E-state index is 10.9. The average molecular weight is 231 g/mol. The molecule has 0 aliphatic heterocycles. The molecule has 0 rings (SSSR count). The molecule has 16 heavy (non-hydrogen) atoms. The van der Waals surface area contributed by atoms with Crippen molar-refractivity contribution in [3.05, 3.63) is 0 Å². The molecule has 0 aromatic carbocycles. The minimum atomic E-state index is -1.09. The number of carboxylic acid groups (broad SMARTS) is 1. The summed E-state index contributed by atoms with van der Waals surface area (Å²) in [7, 11) is 0. The van der Waals surface area contributed by atoms with Crippen molar-refractivity contribution in [1.29, 1.82) is 0 Å². The number of hydrogen-bond acceptors (Lipinski definition) is 3. The second-order valence-electron chi connectivity index (χ2n) is 4.39. The zero-order chi connectivity index (χ0) is 12.6. The summed E-state index contributed by atoms with van der Waals surface area (Å²) in [5, 5.41) is 8.96. The van der Waals surface area contributed by atoms with Crippen LogP contribution in [0.4, 0.5) is 0 Å². The third kappa shape index (κ3) is 5.47. The number of aliphatic carboxylic acids is 1. The Morgan fingerprint density at radius 3 is 2.56 bits per heavy atom. The highest BCUT2D eigenvalue weighted by Crippen LogP contribution is 2.15. The molecule has 0 aromatic rings. The fourth-order valence-electron chi connectivity index (χ4n) is 1.60. The molecule has 0 aromatic heterocycles. The first-order valence-electron chi connectivity index (χ1n) is 6.10. The van der Waals surface area contributed by atoms with Gasteiger partial charge in [-0.15, -0.1) is 0 Å². The number of rotatable bonds is 9. The molecule has 0 bridgehead atoms. The van der Waals surface area contributed by atoms with Gasteiger partial charge in [-0.2, -0.15) is 0 Å². The van der Waals surface area contributed by atoms with Gasteiger partial charge in [0.1, 0.15) is 5.54 Å². The van der Waals surface area contributed by atoms with Gasteiger partial charge < -0.3 is 15.6 Å². The molecule has 4 nitrogen and oxygen atoms in total. The Morgan fingerprint density at radius 1 is 1.50 bits per heavy atom. The van der Waals surface area contributed by atoms with Gasteiger partial charge in [-0.25, -0.2) is 0 Å². The lowest BCUT2D eigenvalue weighted by Gasteiger charge is -2.23.